The molecular formula is C19H33N3O3. The SMILES string of the molecule is COC1CN(CCCCCC(=O)O[C@]23CN4CCC2C3C4)CCC1N. The molecule has 1 saturated carbocycles. The van der Waals surface area contributed by atoms with Gasteiger partial charge >= 0.3 is 5.97 Å². The maximum Gasteiger partial charge on any atom is 0.306 e. The van der Waals surface area contributed by atoms with E-state index < -0.39 is 0 Å². The van der Waals surface area contributed by atoms with Gasteiger partial charge in [-0.2, -0.15) is 0 Å². The molecule has 6 atom stereocenters. The van der Waals surface area contributed by atoms with Crippen LogP contribution in [0.2, 0.25) is 0 Å². The molecule has 5 rings (SSSR count). The summed E-state index contributed by atoms with van der Waals surface area (Å²) in [5.74, 6) is 1.34. The Hall–Kier alpha value is -0.690. The minimum atomic E-state index is -0.0724. The average molecular weight is 351 g/mol. The van der Waals surface area contributed by atoms with Gasteiger partial charge in [-0.05, 0) is 45.3 Å². The maximum absolute atomic E-state index is 12.2. The van der Waals surface area contributed by atoms with Crippen LogP contribution in [-0.4, -0.2) is 79.9 Å². The summed E-state index contributed by atoms with van der Waals surface area (Å²) in [4.78, 5) is 17.1. The topological polar surface area (TPSA) is 68.0 Å². The summed E-state index contributed by atoms with van der Waals surface area (Å²) in [5, 5.41) is 0. The third-order valence-electron chi connectivity index (χ3n) is 6.97. The normalized spacial score (nSPS) is 42.4. The van der Waals surface area contributed by atoms with Crippen molar-refractivity contribution in [1.29, 1.82) is 0 Å². The Kier molecular flexibility index (Phi) is 5.06. The molecule has 5 fully saturated rings. The molecule has 25 heavy (non-hydrogen) atoms. The Labute approximate surface area is 151 Å². The molecule has 5 unspecified atom stereocenters. The smallest absolute Gasteiger partial charge is 0.306 e. The molecule has 4 heterocycles. The first-order valence-corrected chi connectivity index (χ1v) is 10.1. The predicted molar refractivity (Wildman–Crippen MR) is 95.2 cm³/mol. The predicted octanol–water partition coefficient (Wildman–Crippen LogP) is 0.842. The van der Waals surface area contributed by atoms with E-state index in [-0.39, 0.29) is 23.7 Å². The molecule has 2 N–H and O–H groups in total. The highest BCUT2D eigenvalue weighted by atomic mass is 16.6. The molecule has 142 valence electrons. The molecule has 6 nitrogen and oxygen atoms in total. The van der Waals surface area contributed by atoms with E-state index >= 15 is 0 Å². The van der Waals surface area contributed by atoms with E-state index in [9.17, 15) is 4.79 Å². The summed E-state index contributed by atoms with van der Waals surface area (Å²) >= 11 is 0. The average Bonchev–Trinajstić information content (AvgIpc) is 3.10. The lowest BCUT2D eigenvalue weighted by Crippen LogP contribution is -2.51. The number of piperidine rings is 4. The molecule has 0 aromatic heterocycles. The Morgan fingerprint density at radius 1 is 1.16 bits per heavy atom. The fourth-order valence-corrected chi connectivity index (χ4v) is 5.40. The lowest BCUT2D eigenvalue weighted by atomic mass is 10.0. The summed E-state index contributed by atoms with van der Waals surface area (Å²) in [6.45, 7) is 6.41. The van der Waals surface area contributed by atoms with Gasteiger partial charge in [0.25, 0.3) is 0 Å². The Balaban J connectivity index is 1.09. The quantitative estimate of drug-likeness (QED) is 0.516. The van der Waals surface area contributed by atoms with Crippen molar-refractivity contribution in [3.8, 4) is 0 Å². The van der Waals surface area contributed by atoms with E-state index in [1.165, 1.54) is 13.0 Å². The van der Waals surface area contributed by atoms with E-state index in [4.69, 9.17) is 15.2 Å². The van der Waals surface area contributed by atoms with E-state index in [1.54, 1.807) is 7.11 Å². The van der Waals surface area contributed by atoms with Crippen LogP contribution < -0.4 is 5.73 Å². The van der Waals surface area contributed by atoms with Gasteiger partial charge in [0.1, 0.15) is 5.60 Å². The number of nitrogens with two attached hydrogens (primary N) is 1. The van der Waals surface area contributed by atoms with Gasteiger partial charge in [0, 0.05) is 51.0 Å². The Morgan fingerprint density at radius 2 is 2.04 bits per heavy atom. The number of methoxy groups -OCH3 is 1. The molecule has 4 bridgehead atoms. The molecule has 6 heteroatoms. The number of likely N-dealkylation sites (tertiary alicyclic amines) is 1. The largest absolute Gasteiger partial charge is 0.457 e. The van der Waals surface area contributed by atoms with Gasteiger partial charge in [-0.1, -0.05) is 6.42 Å². The summed E-state index contributed by atoms with van der Waals surface area (Å²) in [5.41, 5.74) is 5.99. The summed E-state index contributed by atoms with van der Waals surface area (Å²) < 4.78 is 11.4. The lowest BCUT2D eigenvalue weighted by Gasteiger charge is -2.36. The maximum atomic E-state index is 12.2. The first kappa shape index (κ1) is 17.7. The number of esters is 1. The second kappa shape index (κ2) is 7.14. The first-order chi connectivity index (χ1) is 12.1. The van der Waals surface area contributed by atoms with Gasteiger partial charge in [-0.3, -0.25) is 9.69 Å². The highest BCUT2D eigenvalue weighted by Crippen LogP contribution is 2.62. The van der Waals surface area contributed by atoms with Crippen LogP contribution in [0.4, 0.5) is 0 Å². The van der Waals surface area contributed by atoms with Crippen molar-refractivity contribution in [3.63, 3.8) is 0 Å². The molecule has 0 amide bonds. The number of unbranched alkanes of at least 4 members (excludes halogenated alkanes) is 2. The van der Waals surface area contributed by atoms with Crippen molar-refractivity contribution in [2.75, 3.05) is 46.4 Å². The van der Waals surface area contributed by atoms with Gasteiger partial charge in [0.05, 0.1) is 6.10 Å². The number of ether oxygens (including phenoxy) is 2. The number of carbonyl (C=O) groups excluding carboxylic acids is 1. The monoisotopic (exact) mass is 351 g/mol. The van der Waals surface area contributed by atoms with Crippen molar-refractivity contribution < 1.29 is 14.3 Å². The van der Waals surface area contributed by atoms with Crippen molar-refractivity contribution >= 4 is 5.97 Å². The van der Waals surface area contributed by atoms with Crippen molar-refractivity contribution in [3.05, 3.63) is 0 Å². The zero-order valence-electron chi connectivity index (χ0n) is 15.5. The molecule has 4 saturated heterocycles. The minimum Gasteiger partial charge on any atom is -0.457 e. The van der Waals surface area contributed by atoms with Crippen molar-refractivity contribution in [1.82, 2.24) is 9.80 Å². The van der Waals surface area contributed by atoms with Crippen LogP contribution in [0.15, 0.2) is 0 Å². The van der Waals surface area contributed by atoms with E-state index in [1.807, 2.05) is 0 Å². The lowest BCUT2D eigenvalue weighted by molar-refractivity contribution is -0.153. The molecule has 1 aliphatic carbocycles. The van der Waals surface area contributed by atoms with Gasteiger partial charge in [-0.25, -0.2) is 0 Å². The van der Waals surface area contributed by atoms with Crippen molar-refractivity contribution in [2.24, 2.45) is 17.6 Å². The molecule has 0 radical (unpaired) electrons. The van der Waals surface area contributed by atoms with Crippen LogP contribution in [0.25, 0.3) is 0 Å². The standard InChI is InChI=1S/C19H33N3O3/c1-24-17-12-21(10-7-16(17)20)8-4-2-3-5-18(23)25-19-13-22-9-6-14(19)15(19)11-22/h14-17H,2-13,20H2,1H3/t14?,15?,16?,17?,19-/m1/s1. The fraction of sp³-hybridized carbons (Fsp3) is 0.947. The highest BCUT2D eigenvalue weighted by Gasteiger charge is 2.73. The van der Waals surface area contributed by atoms with Crippen LogP contribution in [0.1, 0.15) is 38.5 Å². The van der Waals surface area contributed by atoms with Crippen LogP contribution in [-0.2, 0) is 14.3 Å². The number of rotatable bonds is 8. The number of hydrogen-bond acceptors (Lipinski definition) is 6. The van der Waals surface area contributed by atoms with E-state index in [2.05, 4.69) is 9.80 Å². The van der Waals surface area contributed by atoms with Crippen LogP contribution in [0.3, 0.4) is 0 Å². The van der Waals surface area contributed by atoms with Gasteiger partial charge in [0.15, 0.2) is 0 Å². The Morgan fingerprint density at radius 3 is 2.72 bits per heavy atom. The fourth-order valence-electron chi connectivity index (χ4n) is 5.40. The molecule has 5 aliphatic rings. The molecule has 0 aromatic carbocycles. The summed E-state index contributed by atoms with van der Waals surface area (Å²) in [6, 6.07) is 0.170. The van der Waals surface area contributed by atoms with Crippen LogP contribution >= 0.6 is 0 Å². The third-order valence-corrected chi connectivity index (χ3v) is 6.97. The highest BCUT2D eigenvalue weighted by molar-refractivity contribution is 5.70. The molecule has 0 spiro atoms. The zero-order chi connectivity index (χ0) is 17.4. The number of hydrogen-bond donors (Lipinski definition) is 1. The van der Waals surface area contributed by atoms with Crippen LogP contribution in [0.5, 0.6) is 0 Å². The van der Waals surface area contributed by atoms with Gasteiger partial charge in [-0.15, -0.1) is 0 Å². The van der Waals surface area contributed by atoms with E-state index in [0.29, 0.717) is 18.3 Å². The number of fused-ring (bicyclic) bond motifs is 1. The second-order valence-corrected chi connectivity index (χ2v) is 8.50. The second-order valence-electron chi connectivity index (χ2n) is 8.50. The number of carbonyl (C=O) groups is 1. The summed E-state index contributed by atoms with van der Waals surface area (Å²) in [6.07, 6.45) is 6.12. The summed E-state index contributed by atoms with van der Waals surface area (Å²) in [7, 11) is 1.75. The zero-order valence-corrected chi connectivity index (χ0v) is 15.5. The number of nitrogens with zero attached hydrogens (tertiary/aromatic N) is 2. The molecular weight excluding hydrogens is 318 g/mol. The van der Waals surface area contributed by atoms with Gasteiger partial charge < -0.3 is 20.1 Å². The van der Waals surface area contributed by atoms with Crippen LogP contribution in [0, 0.1) is 11.8 Å². The van der Waals surface area contributed by atoms with E-state index in [0.717, 1.165) is 58.4 Å². The van der Waals surface area contributed by atoms with Crippen molar-refractivity contribution in [2.45, 2.75) is 56.3 Å². The Bertz CT molecular complexity index is 496. The van der Waals surface area contributed by atoms with Gasteiger partial charge in [0.2, 0.25) is 0 Å². The third kappa shape index (κ3) is 3.46. The minimum absolute atomic E-state index is 0.0274. The first-order valence-electron chi connectivity index (χ1n) is 10.1. The molecule has 0 aromatic rings. The molecule has 4 aliphatic heterocycles.